The molecular formula is C20H24N2S. The van der Waals surface area contributed by atoms with Crippen LogP contribution in [0.3, 0.4) is 0 Å². The number of nitrogens with zero attached hydrogens (tertiary/aromatic N) is 1. The van der Waals surface area contributed by atoms with Gasteiger partial charge in [0, 0.05) is 12.7 Å². The Balaban J connectivity index is 1.75. The SMILES string of the molecule is CCc1cccc(NC(=S)N(C)[C@@H]2CCCc3ccccc32)c1. The first-order valence-corrected chi connectivity index (χ1v) is 8.80. The molecule has 0 bridgehead atoms. The van der Waals surface area contributed by atoms with E-state index in [-0.39, 0.29) is 0 Å². The first-order valence-electron chi connectivity index (χ1n) is 8.39. The zero-order valence-electron chi connectivity index (χ0n) is 13.9. The van der Waals surface area contributed by atoms with Crippen LogP contribution in [-0.4, -0.2) is 17.1 Å². The maximum atomic E-state index is 5.66. The number of hydrogen-bond acceptors (Lipinski definition) is 1. The molecule has 0 spiro atoms. The Kier molecular flexibility index (Phi) is 4.97. The molecule has 0 unspecified atom stereocenters. The number of thiocarbonyl (C=S) groups is 1. The molecule has 0 saturated carbocycles. The third-order valence-electron chi connectivity index (χ3n) is 4.71. The number of hydrogen-bond donors (Lipinski definition) is 1. The Bertz CT molecular complexity index is 696. The molecule has 23 heavy (non-hydrogen) atoms. The summed E-state index contributed by atoms with van der Waals surface area (Å²) in [6.45, 7) is 2.17. The van der Waals surface area contributed by atoms with Crippen LogP contribution in [0, 0.1) is 0 Å². The molecule has 1 atom stereocenters. The molecule has 0 heterocycles. The minimum absolute atomic E-state index is 0.370. The van der Waals surface area contributed by atoms with Crippen LogP contribution in [0.15, 0.2) is 48.5 Å². The van der Waals surface area contributed by atoms with Crippen LogP contribution < -0.4 is 5.32 Å². The van der Waals surface area contributed by atoms with Crippen LogP contribution >= 0.6 is 12.2 Å². The summed E-state index contributed by atoms with van der Waals surface area (Å²) in [5.74, 6) is 0. The van der Waals surface area contributed by atoms with Crippen LogP contribution in [0.1, 0.15) is 42.5 Å². The first kappa shape index (κ1) is 16.0. The van der Waals surface area contributed by atoms with Crippen LogP contribution in [0.5, 0.6) is 0 Å². The molecule has 120 valence electrons. The maximum absolute atomic E-state index is 5.66. The van der Waals surface area contributed by atoms with Gasteiger partial charge < -0.3 is 10.2 Å². The standard InChI is InChI=1S/C20H24N2S/c1-3-15-8-6-11-17(14-15)21-20(23)22(2)19-13-7-10-16-9-4-5-12-18(16)19/h4-6,8-9,11-12,14,19H,3,7,10,13H2,1-2H3,(H,21,23)/t19-/m1/s1. The van der Waals surface area contributed by atoms with Gasteiger partial charge in [-0.3, -0.25) is 0 Å². The van der Waals surface area contributed by atoms with Gasteiger partial charge in [0.25, 0.3) is 0 Å². The Morgan fingerprint density at radius 2 is 2.04 bits per heavy atom. The topological polar surface area (TPSA) is 15.3 Å². The number of anilines is 1. The normalized spacial score (nSPS) is 16.5. The third-order valence-corrected chi connectivity index (χ3v) is 5.10. The van der Waals surface area contributed by atoms with E-state index in [1.54, 1.807) is 0 Å². The molecule has 0 radical (unpaired) electrons. The number of fused-ring (bicyclic) bond motifs is 1. The van der Waals surface area contributed by atoms with Crippen LogP contribution in [0.4, 0.5) is 5.69 Å². The largest absolute Gasteiger partial charge is 0.345 e. The van der Waals surface area contributed by atoms with Gasteiger partial charge in [-0.1, -0.05) is 43.3 Å². The van der Waals surface area contributed by atoms with Crippen molar-refractivity contribution in [3.05, 3.63) is 65.2 Å². The maximum Gasteiger partial charge on any atom is 0.173 e. The first-order chi connectivity index (χ1) is 11.2. The molecule has 0 aromatic heterocycles. The van der Waals surface area contributed by atoms with E-state index in [9.17, 15) is 0 Å². The smallest absolute Gasteiger partial charge is 0.173 e. The van der Waals surface area contributed by atoms with Crippen LogP contribution in [0.2, 0.25) is 0 Å². The Morgan fingerprint density at radius 3 is 2.87 bits per heavy atom. The quantitative estimate of drug-likeness (QED) is 0.804. The molecule has 0 fully saturated rings. The van der Waals surface area contributed by atoms with Gasteiger partial charge in [-0.25, -0.2) is 0 Å². The summed E-state index contributed by atoms with van der Waals surface area (Å²) >= 11 is 5.66. The van der Waals surface area contributed by atoms with E-state index in [0.717, 1.165) is 23.6 Å². The molecule has 2 aromatic carbocycles. The minimum atomic E-state index is 0.370. The lowest BCUT2D eigenvalue weighted by molar-refractivity contribution is 0.336. The summed E-state index contributed by atoms with van der Waals surface area (Å²) in [7, 11) is 2.10. The molecule has 3 heteroatoms. The molecule has 1 N–H and O–H groups in total. The van der Waals surface area contributed by atoms with E-state index in [0.29, 0.717) is 6.04 Å². The van der Waals surface area contributed by atoms with Crippen LogP contribution in [0.25, 0.3) is 0 Å². The predicted molar refractivity (Wildman–Crippen MR) is 102 cm³/mol. The van der Waals surface area contributed by atoms with Gasteiger partial charge in [0.1, 0.15) is 0 Å². The molecular weight excluding hydrogens is 300 g/mol. The van der Waals surface area contributed by atoms with Gasteiger partial charge in [-0.05, 0) is 66.7 Å². The van der Waals surface area contributed by atoms with Gasteiger partial charge >= 0.3 is 0 Å². The van der Waals surface area contributed by atoms with Crippen molar-refractivity contribution in [2.24, 2.45) is 0 Å². The Hall–Kier alpha value is -1.87. The molecule has 2 nitrogen and oxygen atoms in total. The Labute approximate surface area is 144 Å². The monoisotopic (exact) mass is 324 g/mol. The lowest BCUT2D eigenvalue weighted by atomic mass is 9.87. The average molecular weight is 324 g/mol. The van der Waals surface area contributed by atoms with Crippen molar-refractivity contribution in [3.63, 3.8) is 0 Å². The second-order valence-corrected chi connectivity index (χ2v) is 6.59. The summed E-state index contributed by atoms with van der Waals surface area (Å²) in [5.41, 5.74) is 5.29. The fourth-order valence-electron chi connectivity index (χ4n) is 3.35. The van der Waals surface area contributed by atoms with Crippen molar-refractivity contribution < 1.29 is 0 Å². The average Bonchev–Trinajstić information content (AvgIpc) is 2.60. The van der Waals surface area contributed by atoms with Gasteiger partial charge in [0.15, 0.2) is 5.11 Å². The highest BCUT2D eigenvalue weighted by Crippen LogP contribution is 2.33. The summed E-state index contributed by atoms with van der Waals surface area (Å²) in [4.78, 5) is 2.21. The fraction of sp³-hybridized carbons (Fsp3) is 0.350. The van der Waals surface area contributed by atoms with Crippen molar-refractivity contribution in [1.29, 1.82) is 0 Å². The zero-order chi connectivity index (χ0) is 16.2. The van der Waals surface area contributed by atoms with E-state index < -0.39 is 0 Å². The van der Waals surface area contributed by atoms with Crippen molar-refractivity contribution in [2.45, 2.75) is 38.6 Å². The number of aryl methyl sites for hydroxylation is 2. The lowest BCUT2D eigenvalue weighted by Crippen LogP contribution is -2.36. The number of rotatable bonds is 3. The molecule has 3 rings (SSSR count). The highest BCUT2D eigenvalue weighted by Gasteiger charge is 2.24. The van der Waals surface area contributed by atoms with Crippen molar-refractivity contribution in [2.75, 3.05) is 12.4 Å². The van der Waals surface area contributed by atoms with Crippen LogP contribution in [-0.2, 0) is 12.8 Å². The highest BCUT2D eigenvalue weighted by molar-refractivity contribution is 7.80. The molecule has 2 aromatic rings. The van der Waals surface area contributed by atoms with E-state index in [2.05, 4.69) is 72.7 Å². The zero-order valence-corrected chi connectivity index (χ0v) is 14.7. The fourth-order valence-corrected chi connectivity index (χ4v) is 3.60. The van der Waals surface area contributed by atoms with Gasteiger partial charge in [-0.15, -0.1) is 0 Å². The van der Waals surface area contributed by atoms with Crippen molar-refractivity contribution in [1.82, 2.24) is 4.90 Å². The Morgan fingerprint density at radius 1 is 1.22 bits per heavy atom. The molecule has 1 aliphatic carbocycles. The minimum Gasteiger partial charge on any atom is -0.345 e. The summed E-state index contributed by atoms with van der Waals surface area (Å²) in [6.07, 6.45) is 4.59. The van der Waals surface area contributed by atoms with E-state index >= 15 is 0 Å². The van der Waals surface area contributed by atoms with Crippen molar-refractivity contribution >= 4 is 23.0 Å². The number of nitrogens with one attached hydrogen (secondary N) is 1. The third kappa shape index (κ3) is 3.56. The van der Waals surface area contributed by atoms with Gasteiger partial charge in [-0.2, -0.15) is 0 Å². The molecule has 0 amide bonds. The van der Waals surface area contributed by atoms with E-state index in [1.165, 1.54) is 29.5 Å². The summed E-state index contributed by atoms with van der Waals surface area (Å²) in [5, 5.41) is 4.19. The van der Waals surface area contributed by atoms with E-state index in [1.807, 2.05) is 0 Å². The molecule has 0 saturated heterocycles. The summed E-state index contributed by atoms with van der Waals surface area (Å²) < 4.78 is 0. The number of benzene rings is 2. The second-order valence-electron chi connectivity index (χ2n) is 6.20. The molecule has 1 aliphatic rings. The predicted octanol–water partition coefficient (Wildman–Crippen LogP) is 4.96. The molecule has 0 aliphatic heterocycles. The van der Waals surface area contributed by atoms with Gasteiger partial charge in [0.05, 0.1) is 6.04 Å². The van der Waals surface area contributed by atoms with Gasteiger partial charge in [0.2, 0.25) is 0 Å². The summed E-state index contributed by atoms with van der Waals surface area (Å²) in [6, 6.07) is 17.6. The second kappa shape index (κ2) is 7.14. The highest BCUT2D eigenvalue weighted by atomic mass is 32.1. The lowest BCUT2D eigenvalue weighted by Gasteiger charge is -2.35. The van der Waals surface area contributed by atoms with Crippen molar-refractivity contribution in [3.8, 4) is 0 Å². The van der Waals surface area contributed by atoms with E-state index in [4.69, 9.17) is 12.2 Å².